The van der Waals surface area contributed by atoms with Crippen molar-refractivity contribution in [2.45, 2.75) is 20.1 Å². The predicted octanol–water partition coefficient (Wildman–Crippen LogP) is 4.47. The summed E-state index contributed by atoms with van der Waals surface area (Å²) in [6, 6.07) is 15.4. The maximum atomic E-state index is 12.6. The van der Waals surface area contributed by atoms with Crippen LogP contribution in [-0.2, 0) is 18.0 Å². The molecule has 28 heavy (non-hydrogen) atoms. The van der Waals surface area contributed by atoms with Crippen LogP contribution in [0.15, 0.2) is 48.5 Å². The maximum absolute atomic E-state index is 12.6. The summed E-state index contributed by atoms with van der Waals surface area (Å²) in [5.74, 6) is 0.650. The molecule has 6 nitrogen and oxygen atoms in total. The highest BCUT2D eigenvalue weighted by Gasteiger charge is 2.17. The van der Waals surface area contributed by atoms with Gasteiger partial charge in [-0.25, -0.2) is 0 Å². The second-order valence-corrected chi connectivity index (χ2v) is 6.99. The molecule has 0 saturated carbocycles. The van der Waals surface area contributed by atoms with Crippen molar-refractivity contribution in [1.82, 2.24) is 4.37 Å². The Balaban J connectivity index is 1.59. The molecule has 2 aromatic carbocycles. The zero-order valence-corrected chi connectivity index (χ0v) is 16.9. The number of methoxy groups -OCH3 is 1. The Morgan fingerprint density at radius 1 is 1.11 bits per heavy atom. The molecule has 0 spiro atoms. The largest absolute Gasteiger partial charge is 0.497 e. The number of carbonyl (C=O) groups is 1. The van der Waals surface area contributed by atoms with Crippen molar-refractivity contribution >= 4 is 28.1 Å². The molecule has 1 aromatic heterocycles. The van der Waals surface area contributed by atoms with Crippen LogP contribution in [0, 0.1) is 6.92 Å². The molecule has 0 fully saturated rings. The Hall–Kier alpha value is -2.90. The third-order valence-corrected chi connectivity index (χ3v) is 5.15. The van der Waals surface area contributed by atoms with Gasteiger partial charge in [-0.15, -0.1) is 0 Å². The molecule has 3 rings (SSSR count). The third kappa shape index (κ3) is 4.88. The number of anilines is 2. The fourth-order valence-corrected chi connectivity index (χ4v) is 3.49. The van der Waals surface area contributed by atoms with Gasteiger partial charge in [0.25, 0.3) is 5.91 Å². The molecule has 0 aliphatic rings. The standard InChI is InChI=1S/C21H23N3O3S/c1-14-19(21(22-2)28-24-14)20(25)23-17-6-4-5-16(11-17)13-27-12-15-7-9-18(26-3)10-8-15/h4-11,22H,12-13H2,1-3H3,(H,23,25). The highest BCUT2D eigenvalue weighted by molar-refractivity contribution is 7.10. The van der Waals surface area contributed by atoms with Crippen LogP contribution in [0.5, 0.6) is 5.75 Å². The average molecular weight is 398 g/mol. The Morgan fingerprint density at radius 3 is 2.57 bits per heavy atom. The molecule has 0 aliphatic carbocycles. The smallest absolute Gasteiger partial charge is 0.260 e. The topological polar surface area (TPSA) is 72.5 Å². The molecular weight excluding hydrogens is 374 g/mol. The van der Waals surface area contributed by atoms with E-state index in [2.05, 4.69) is 15.0 Å². The van der Waals surface area contributed by atoms with Gasteiger partial charge >= 0.3 is 0 Å². The Kier molecular flexibility index (Phi) is 6.62. The van der Waals surface area contributed by atoms with Crippen LogP contribution in [0.25, 0.3) is 0 Å². The predicted molar refractivity (Wildman–Crippen MR) is 112 cm³/mol. The van der Waals surface area contributed by atoms with E-state index in [0.29, 0.717) is 24.5 Å². The number of carbonyl (C=O) groups excluding carboxylic acids is 1. The molecule has 3 aromatic rings. The van der Waals surface area contributed by atoms with Crippen molar-refractivity contribution in [2.24, 2.45) is 0 Å². The first-order valence-corrected chi connectivity index (χ1v) is 9.63. The van der Waals surface area contributed by atoms with Gasteiger partial charge in [-0.3, -0.25) is 4.79 Å². The van der Waals surface area contributed by atoms with E-state index in [0.717, 1.165) is 27.6 Å². The van der Waals surface area contributed by atoms with Gasteiger partial charge in [0.05, 0.1) is 31.6 Å². The van der Waals surface area contributed by atoms with Crippen LogP contribution in [0.4, 0.5) is 10.7 Å². The van der Waals surface area contributed by atoms with Gasteiger partial charge < -0.3 is 20.1 Å². The summed E-state index contributed by atoms with van der Waals surface area (Å²) < 4.78 is 15.2. The van der Waals surface area contributed by atoms with Gasteiger partial charge in [0.1, 0.15) is 10.8 Å². The van der Waals surface area contributed by atoms with Gasteiger partial charge in [0.15, 0.2) is 0 Å². The molecule has 0 radical (unpaired) electrons. The van der Waals surface area contributed by atoms with Gasteiger partial charge in [0.2, 0.25) is 0 Å². The van der Waals surface area contributed by atoms with Gasteiger partial charge in [-0.1, -0.05) is 24.3 Å². The number of ether oxygens (including phenoxy) is 2. The summed E-state index contributed by atoms with van der Waals surface area (Å²) in [5, 5.41) is 6.71. The first-order chi connectivity index (χ1) is 13.6. The molecule has 1 amide bonds. The first kappa shape index (κ1) is 19.9. The minimum Gasteiger partial charge on any atom is -0.497 e. The molecule has 0 bridgehead atoms. The minimum absolute atomic E-state index is 0.174. The lowest BCUT2D eigenvalue weighted by Gasteiger charge is -2.09. The molecule has 0 unspecified atom stereocenters. The Bertz CT molecular complexity index is 938. The summed E-state index contributed by atoms with van der Waals surface area (Å²) in [7, 11) is 3.43. The second-order valence-electron chi connectivity index (χ2n) is 6.22. The highest BCUT2D eigenvalue weighted by atomic mass is 32.1. The fourth-order valence-electron chi connectivity index (χ4n) is 2.75. The number of amides is 1. The maximum Gasteiger partial charge on any atom is 0.260 e. The zero-order chi connectivity index (χ0) is 19.9. The van der Waals surface area contributed by atoms with E-state index >= 15 is 0 Å². The monoisotopic (exact) mass is 397 g/mol. The van der Waals surface area contributed by atoms with Crippen LogP contribution in [0.2, 0.25) is 0 Å². The zero-order valence-electron chi connectivity index (χ0n) is 16.1. The number of aryl methyl sites for hydroxylation is 1. The summed E-state index contributed by atoms with van der Waals surface area (Å²) in [4.78, 5) is 12.6. The Labute approximate surface area is 168 Å². The van der Waals surface area contributed by atoms with Crippen LogP contribution < -0.4 is 15.4 Å². The quantitative estimate of drug-likeness (QED) is 0.587. The number of aromatic nitrogens is 1. The van der Waals surface area contributed by atoms with Crippen molar-refractivity contribution in [2.75, 3.05) is 24.8 Å². The minimum atomic E-state index is -0.174. The summed E-state index contributed by atoms with van der Waals surface area (Å²) in [6.45, 7) is 2.79. The SMILES string of the molecule is CNc1snc(C)c1C(=O)Nc1cccc(COCc2ccc(OC)cc2)c1. The van der Waals surface area contributed by atoms with E-state index in [1.165, 1.54) is 11.5 Å². The van der Waals surface area contributed by atoms with Crippen molar-refractivity contribution in [3.8, 4) is 5.75 Å². The molecule has 2 N–H and O–H groups in total. The molecule has 0 aliphatic heterocycles. The third-order valence-electron chi connectivity index (χ3n) is 4.20. The summed E-state index contributed by atoms with van der Waals surface area (Å²) >= 11 is 1.28. The van der Waals surface area contributed by atoms with E-state index in [4.69, 9.17) is 9.47 Å². The van der Waals surface area contributed by atoms with Crippen LogP contribution in [0.3, 0.4) is 0 Å². The lowest BCUT2D eigenvalue weighted by Crippen LogP contribution is -2.14. The Morgan fingerprint density at radius 2 is 1.86 bits per heavy atom. The van der Waals surface area contributed by atoms with Gasteiger partial charge in [-0.05, 0) is 53.8 Å². The van der Waals surface area contributed by atoms with Crippen LogP contribution in [-0.4, -0.2) is 24.4 Å². The average Bonchev–Trinajstić information content (AvgIpc) is 3.09. The molecule has 0 saturated heterocycles. The molecular formula is C21H23N3O3S. The van der Waals surface area contributed by atoms with Crippen LogP contribution in [0.1, 0.15) is 27.2 Å². The highest BCUT2D eigenvalue weighted by Crippen LogP contribution is 2.25. The number of benzene rings is 2. The van der Waals surface area contributed by atoms with E-state index in [1.807, 2.05) is 55.5 Å². The van der Waals surface area contributed by atoms with Crippen molar-refractivity contribution in [1.29, 1.82) is 0 Å². The number of hydrogen-bond donors (Lipinski definition) is 2. The van der Waals surface area contributed by atoms with E-state index in [-0.39, 0.29) is 5.91 Å². The molecule has 0 atom stereocenters. The normalized spacial score (nSPS) is 10.5. The van der Waals surface area contributed by atoms with Gasteiger partial charge in [-0.2, -0.15) is 4.37 Å². The lowest BCUT2D eigenvalue weighted by atomic mass is 10.2. The molecule has 146 valence electrons. The number of nitrogens with one attached hydrogen (secondary N) is 2. The second kappa shape index (κ2) is 9.34. The van der Waals surface area contributed by atoms with Gasteiger partial charge in [0, 0.05) is 12.7 Å². The number of nitrogens with zero attached hydrogens (tertiary/aromatic N) is 1. The molecule has 7 heteroatoms. The van der Waals surface area contributed by atoms with Crippen molar-refractivity contribution in [3.05, 3.63) is 70.9 Å². The molecule has 1 heterocycles. The van der Waals surface area contributed by atoms with E-state index in [1.54, 1.807) is 14.2 Å². The lowest BCUT2D eigenvalue weighted by molar-refractivity contribution is 0.102. The number of rotatable bonds is 8. The fraction of sp³-hybridized carbons (Fsp3) is 0.238. The van der Waals surface area contributed by atoms with E-state index in [9.17, 15) is 4.79 Å². The van der Waals surface area contributed by atoms with Crippen molar-refractivity contribution in [3.63, 3.8) is 0 Å². The summed E-state index contributed by atoms with van der Waals surface area (Å²) in [5.41, 5.74) is 4.08. The van der Waals surface area contributed by atoms with Crippen molar-refractivity contribution < 1.29 is 14.3 Å². The first-order valence-electron chi connectivity index (χ1n) is 8.85. The number of hydrogen-bond acceptors (Lipinski definition) is 6. The van der Waals surface area contributed by atoms with Crippen LogP contribution >= 0.6 is 11.5 Å². The van der Waals surface area contributed by atoms with E-state index < -0.39 is 0 Å². The summed E-state index contributed by atoms with van der Waals surface area (Å²) in [6.07, 6.45) is 0.